The number of hydrogen-bond donors (Lipinski definition) is 3. The SMILES string of the molecule is CN(C)CCC(=O)NC(CCC(N)=O)C(=O)O. The van der Waals surface area contributed by atoms with Crippen LogP contribution in [0.2, 0.25) is 0 Å². The number of nitrogens with two attached hydrogens (primary N) is 1. The first-order chi connectivity index (χ1) is 7.82. The third kappa shape index (κ3) is 8.21. The lowest BCUT2D eigenvalue weighted by atomic mass is 10.1. The third-order valence-corrected chi connectivity index (χ3v) is 2.10. The van der Waals surface area contributed by atoms with E-state index in [4.69, 9.17) is 10.8 Å². The number of nitrogens with zero attached hydrogens (tertiary/aromatic N) is 1. The van der Waals surface area contributed by atoms with Gasteiger partial charge in [-0.2, -0.15) is 0 Å². The van der Waals surface area contributed by atoms with E-state index in [-0.39, 0.29) is 25.2 Å². The van der Waals surface area contributed by atoms with E-state index in [1.807, 2.05) is 19.0 Å². The van der Waals surface area contributed by atoms with E-state index in [2.05, 4.69) is 5.32 Å². The fourth-order valence-electron chi connectivity index (χ4n) is 1.14. The van der Waals surface area contributed by atoms with E-state index in [9.17, 15) is 14.4 Å². The molecule has 0 aromatic heterocycles. The first-order valence-electron chi connectivity index (χ1n) is 5.28. The number of carboxylic acid groups (broad SMARTS) is 1. The zero-order valence-corrected chi connectivity index (χ0v) is 10.1. The summed E-state index contributed by atoms with van der Waals surface area (Å²) in [4.78, 5) is 34.6. The molecular formula is C10H19N3O4. The smallest absolute Gasteiger partial charge is 0.326 e. The molecule has 0 aromatic carbocycles. The van der Waals surface area contributed by atoms with Crippen molar-refractivity contribution < 1.29 is 19.5 Å². The summed E-state index contributed by atoms with van der Waals surface area (Å²) in [5.74, 6) is -2.10. The highest BCUT2D eigenvalue weighted by atomic mass is 16.4. The highest BCUT2D eigenvalue weighted by molar-refractivity contribution is 5.84. The molecular weight excluding hydrogens is 226 g/mol. The number of hydrogen-bond acceptors (Lipinski definition) is 4. The van der Waals surface area contributed by atoms with Crippen molar-refractivity contribution >= 4 is 17.8 Å². The van der Waals surface area contributed by atoms with Gasteiger partial charge in [0.2, 0.25) is 11.8 Å². The standard InChI is InChI=1S/C10H19N3O4/c1-13(2)6-5-9(15)12-7(10(16)17)3-4-8(11)14/h7H,3-6H2,1-2H3,(H2,11,14)(H,12,15)(H,16,17). The summed E-state index contributed by atoms with van der Waals surface area (Å²) in [6.45, 7) is 0.536. The van der Waals surface area contributed by atoms with Gasteiger partial charge in [0.05, 0.1) is 0 Å². The lowest BCUT2D eigenvalue weighted by Crippen LogP contribution is -2.42. The van der Waals surface area contributed by atoms with Crippen LogP contribution >= 0.6 is 0 Å². The lowest BCUT2D eigenvalue weighted by molar-refractivity contribution is -0.142. The third-order valence-electron chi connectivity index (χ3n) is 2.10. The second-order valence-electron chi connectivity index (χ2n) is 4.02. The molecule has 0 fully saturated rings. The van der Waals surface area contributed by atoms with Gasteiger partial charge in [0.25, 0.3) is 0 Å². The van der Waals surface area contributed by atoms with Crippen molar-refractivity contribution in [2.24, 2.45) is 5.73 Å². The first kappa shape index (κ1) is 15.4. The molecule has 0 bridgehead atoms. The van der Waals surface area contributed by atoms with E-state index < -0.39 is 17.9 Å². The predicted octanol–water partition coefficient (Wildman–Crippen LogP) is -1.23. The number of carbonyl (C=O) groups excluding carboxylic acids is 2. The molecule has 0 aliphatic rings. The minimum absolute atomic E-state index is 0.0123. The molecule has 0 aliphatic carbocycles. The fraction of sp³-hybridized carbons (Fsp3) is 0.700. The largest absolute Gasteiger partial charge is 0.480 e. The summed E-state index contributed by atoms with van der Waals surface area (Å²) in [5.41, 5.74) is 4.92. The summed E-state index contributed by atoms with van der Waals surface area (Å²) in [5, 5.41) is 11.2. The molecule has 17 heavy (non-hydrogen) atoms. The Bertz CT molecular complexity index is 291. The zero-order valence-electron chi connectivity index (χ0n) is 10.1. The molecule has 0 radical (unpaired) electrons. The Labute approximate surface area is 100.0 Å². The molecule has 0 heterocycles. The monoisotopic (exact) mass is 245 g/mol. The average molecular weight is 245 g/mol. The van der Waals surface area contributed by atoms with Crippen molar-refractivity contribution in [3.05, 3.63) is 0 Å². The molecule has 0 aromatic rings. The van der Waals surface area contributed by atoms with Gasteiger partial charge in [0.1, 0.15) is 6.04 Å². The Morgan fingerprint density at radius 1 is 1.29 bits per heavy atom. The molecule has 0 spiro atoms. The van der Waals surface area contributed by atoms with E-state index >= 15 is 0 Å². The van der Waals surface area contributed by atoms with Gasteiger partial charge in [0, 0.05) is 19.4 Å². The van der Waals surface area contributed by atoms with Crippen LogP contribution in [0.5, 0.6) is 0 Å². The van der Waals surface area contributed by atoms with Crippen LogP contribution in [0.25, 0.3) is 0 Å². The van der Waals surface area contributed by atoms with Gasteiger partial charge in [-0.05, 0) is 20.5 Å². The van der Waals surface area contributed by atoms with Crippen molar-refractivity contribution in [1.29, 1.82) is 0 Å². The van der Waals surface area contributed by atoms with Gasteiger partial charge in [-0.15, -0.1) is 0 Å². The maximum absolute atomic E-state index is 11.4. The van der Waals surface area contributed by atoms with Crippen LogP contribution in [-0.2, 0) is 14.4 Å². The number of carbonyl (C=O) groups is 3. The van der Waals surface area contributed by atoms with Gasteiger partial charge < -0.3 is 21.1 Å². The molecule has 7 heteroatoms. The van der Waals surface area contributed by atoms with Crippen LogP contribution in [-0.4, -0.2) is 54.5 Å². The molecule has 98 valence electrons. The number of carboxylic acids is 1. The van der Waals surface area contributed by atoms with Crippen LogP contribution < -0.4 is 11.1 Å². The number of rotatable bonds is 8. The van der Waals surface area contributed by atoms with Crippen LogP contribution in [0.4, 0.5) is 0 Å². The quantitative estimate of drug-likeness (QED) is 0.496. The van der Waals surface area contributed by atoms with E-state index in [1.165, 1.54) is 0 Å². The number of aliphatic carboxylic acids is 1. The molecule has 1 unspecified atom stereocenters. The number of nitrogens with one attached hydrogen (secondary N) is 1. The van der Waals surface area contributed by atoms with Gasteiger partial charge in [-0.3, -0.25) is 9.59 Å². The van der Waals surface area contributed by atoms with E-state index in [0.717, 1.165) is 0 Å². The maximum atomic E-state index is 11.4. The van der Waals surface area contributed by atoms with Gasteiger partial charge in [-0.25, -0.2) is 4.79 Å². The Kier molecular flexibility index (Phi) is 6.88. The number of primary amides is 1. The summed E-state index contributed by atoms with van der Waals surface area (Å²) in [6, 6.07) is -1.06. The molecule has 7 nitrogen and oxygen atoms in total. The molecule has 0 saturated carbocycles. The molecule has 0 saturated heterocycles. The minimum atomic E-state index is -1.16. The van der Waals surface area contributed by atoms with Crippen LogP contribution in [0.15, 0.2) is 0 Å². The minimum Gasteiger partial charge on any atom is -0.480 e. The summed E-state index contributed by atoms with van der Waals surface area (Å²) >= 11 is 0. The summed E-state index contributed by atoms with van der Waals surface area (Å²) in [6.07, 6.45) is 0.163. The summed E-state index contributed by atoms with van der Waals surface area (Å²) in [7, 11) is 3.63. The molecule has 0 aliphatic heterocycles. The van der Waals surface area contributed by atoms with Crippen molar-refractivity contribution in [2.75, 3.05) is 20.6 Å². The van der Waals surface area contributed by atoms with Crippen molar-refractivity contribution in [3.8, 4) is 0 Å². The molecule has 1 atom stereocenters. The fourth-order valence-corrected chi connectivity index (χ4v) is 1.14. The Morgan fingerprint density at radius 3 is 2.29 bits per heavy atom. The van der Waals surface area contributed by atoms with Crippen molar-refractivity contribution in [1.82, 2.24) is 10.2 Å². The Balaban J connectivity index is 4.11. The normalized spacial score (nSPS) is 12.2. The summed E-state index contributed by atoms with van der Waals surface area (Å²) < 4.78 is 0. The topological polar surface area (TPSA) is 113 Å². The first-order valence-corrected chi connectivity index (χ1v) is 5.28. The average Bonchev–Trinajstić information content (AvgIpc) is 2.20. The highest BCUT2D eigenvalue weighted by Crippen LogP contribution is 1.98. The van der Waals surface area contributed by atoms with Gasteiger partial charge >= 0.3 is 5.97 Å². The van der Waals surface area contributed by atoms with Gasteiger partial charge in [-0.1, -0.05) is 0 Å². The van der Waals surface area contributed by atoms with Gasteiger partial charge in [0.15, 0.2) is 0 Å². The molecule has 4 N–H and O–H groups in total. The second-order valence-corrected chi connectivity index (χ2v) is 4.02. The Morgan fingerprint density at radius 2 is 1.88 bits per heavy atom. The maximum Gasteiger partial charge on any atom is 0.326 e. The van der Waals surface area contributed by atoms with Crippen LogP contribution in [0, 0.1) is 0 Å². The number of amides is 2. The van der Waals surface area contributed by atoms with Crippen LogP contribution in [0.1, 0.15) is 19.3 Å². The molecule has 0 rings (SSSR count). The predicted molar refractivity (Wildman–Crippen MR) is 61.2 cm³/mol. The van der Waals surface area contributed by atoms with Crippen molar-refractivity contribution in [3.63, 3.8) is 0 Å². The Hall–Kier alpha value is -1.63. The van der Waals surface area contributed by atoms with Crippen molar-refractivity contribution in [2.45, 2.75) is 25.3 Å². The van der Waals surface area contributed by atoms with E-state index in [0.29, 0.717) is 6.54 Å². The highest BCUT2D eigenvalue weighted by Gasteiger charge is 2.20. The zero-order chi connectivity index (χ0) is 13.4. The van der Waals surface area contributed by atoms with E-state index in [1.54, 1.807) is 0 Å². The lowest BCUT2D eigenvalue weighted by Gasteiger charge is -2.15. The second kappa shape index (κ2) is 7.61. The van der Waals surface area contributed by atoms with Crippen LogP contribution in [0.3, 0.4) is 0 Å². The molecule has 2 amide bonds.